The average Bonchev–Trinajstić information content (AvgIpc) is 2.86. The third-order valence-electron chi connectivity index (χ3n) is 3.74. The second-order valence-electron chi connectivity index (χ2n) is 5.23. The van der Waals surface area contributed by atoms with Crippen molar-refractivity contribution in [3.8, 4) is 0 Å². The molecule has 1 aliphatic carbocycles. The predicted octanol–water partition coefficient (Wildman–Crippen LogP) is 3.21. The summed E-state index contributed by atoms with van der Waals surface area (Å²) in [6.07, 6.45) is 5.32. The molecule has 1 heterocycles. The van der Waals surface area contributed by atoms with Crippen LogP contribution >= 0.6 is 0 Å². The molecule has 0 fully saturated rings. The van der Waals surface area contributed by atoms with Gasteiger partial charge in [-0.1, -0.05) is 19.1 Å². The molecule has 0 bridgehead atoms. The van der Waals surface area contributed by atoms with Crippen molar-refractivity contribution in [3.05, 3.63) is 28.8 Å². The van der Waals surface area contributed by atoms with E-state index < -0.39 is 0 Å². The van der Waals surface area contributed by atoms with Gasteiger partial charge in [-0.15, -0.1) is 0 Å². The van der Waals surface area contributed by atoms with E-state index in [0.29, 0.717) is 12.6 Å². The molecular weight excluding hydrogens is 224 g/mol. The van der Waals surface area contributed by atoms with Crippen molar-refractivity contribution in [3.63, 3.8) is 0 Å². The van der Waals surface area contributed by atoms with Crippen molar-refractivity contribution < 1.29 is 4.74 Å². The number of aryl methyl sites for hydroxylation is 2. The lowest BCUT2D eigenvalue weighted by atomic mass is 9.83. The van der Waals surface area contributed by atoms with Crippen LogP contribution in [0.5, 0.6) is 0 Å². The highest BCUT2D eigenvalue weighted by Gasteiger charge is 2.20. The topological polar surface area (TPSA) is 34.0 Å². The summed E-state index contributed by atoms with van der Waals surface area (Å²) in [4.78, 5) is 8.74. The fourth-order valence-electron chi connectivity index (χ4n) is 2.69. The predicted molar refractivity (Wildman–Crippen MR) is 73.9 cm³/mol. The third kappa shape index (κ3) is 2.05. The number of ether oxygens (including phenoxy) is 1. The van der Waals surface area contributed by atoms with Gasteiger partial charge >= 0.3 is 6.02 Å². The van der Waals surface area contributed by atoms with Gasteiger partial charge in [-0.2, -0.15) is 4.99 Å². The van der Waals surface area contributed by atoms with Crippen molar-refractivity contribution in [2.75, 3.05) is 6.61 Å². The summed E-state index contributed by atoms with van der Waals surface area (Å²) >= 11 is 0. The van der Waals surface area contributed by atoms with Gasteiger partial charge in [0.05, 0.1) is 5.69 Å². The zero-order valence-electron chi connectivity index (χ0n) is 10.9. The molecule has 1 aromatic rings. The molecule has 0 saturated heterocycles. The first-order valence-corrected chi connectivity index (χ1v) is 6.59. The molecular formula is C15H18N2O. The lowest BCUT2D eigenvalue weighted by Gasteiger charge is -2.23. The molecule has 1 aliphatic heterocycles. The lowest BCUT2D eigenvalue weighted by molar-refractivity contribution is 0.377. The smallest absolute Gasteiger partial charge is 0.317 e. The van der Waals surface area contributed by atoms with Gasteiger partial charge in [0.15, 0.2) is 0 Å². The highest BCUT2D eigenvalue weighted by Crippen LogP contribution is 2.35. The minimum absolute atomic E-state index is 0.504. The molecule has 18 heavy (non-hydrogen) atoms. The standard InChI is InChI=1S/C15H18N2O/c1-10-3-5-12-6-4-11(2)14(13(12)9-10)17-15-16-7-8-18-15/h4,6-7,10H,3,5,8-9H2,1-2H3. The number of fused-ring (bicyclic) bond motifs is 1. The molecule has 1 aromatic carbocycles. The molecule has 3 nitrogen and oxygen atoms in total. The second-order valence-corrected chi connectivity index (χ2v) is 5.23. The van der Waals surface area contributed by atoms with Gasteiger partial charge in [0.2, 0.25) is 0 Å². The summed E-state index contributed by atoms with van der Waals surface area (Å²) in [6, 6.07) is 4.91. The van der Waals surface area contributed by atoms with Gasteiger partial charge < -0.3 is 4.74 Å². The molecule has 3 rings (SSSR count). The monoisotopic (exact) mass is 242 g/mol. The van der Waals surface area contributed by atoms with E-state index in [4.69, 9.17) is 4.74 Å². The third-order valence-corrected chi connectivity index (χ3v) is 3.74. The van der Waals surface area contributed by atoms with Crippen LogP contribution in [0.25, 0.3) is 0 Å². The van der Waals surface area contributed by atoms with Gasteiger partial charge in [-0.05, 0) is 48.8 Å². The molecule has 1 atom stereocenters. The van der Waals surface area contributed by atoms with Crippen molar-refractivity contribution >= 4 is 17.9 Å². The minimum atomic E-state index is 0.504. The SMILES string of the molecule is Cc1ccc2c(c1N=C1N=CCO1)CC(C)CC2. The van der Waals surface area contributed by atoms with E-state index in [0.717, 1.165) is 18.0 Å². The zero-order chi connectivity index (χ0) is 12.5. The number of aliphatic imine (C=N–C) groups is 2. The maximum atomic E-state index is 5.36. The van der Waals surface area contributed by atoms with Gasteiger partial charge in [-0.25, -0.2) is 4.99 Å². The second kappa shape index (κ2) is 4.56. The Labute approximate surface area is 108 Å². The molecule has 0 spiro atoms. The maximum absolute atomic E-state index is 5.36. The molecule has 2 aliphatic rings. The molecule has 0 saturated carbocycles. The normalized spacial score (nSPS) is 24.1. The largest absolute Gasteiger partial charge is 0.458 e. The lowest BCUT2D eigenvalue weighted by Crippen LogP contribution is -2.12. The quantitative estimate of drug-likeness (QED) is 0.744. The Morgan fingerprint density at radius 3 is 3.06 bits per heavy atom. The van der Waals surface area contributed by atoms with E-state index in [9.17, 15) is 0 Å². The summed E-state index contributed by atoms with van der Waals surface area (Å²) in [6.45, 7) is 4.97. The molecule has 1 unspecified atom stereocenters. The zero-order valence-corrected chi connectivity index (χ0v) is 10.9. The van der Waals surface area contributed by atoms with E-state index in [1.807, 2.05) is 0 Å². The fraction of sp³-hybridized carbons (Fsp3) is 0.467. The van der Waals surface area contributed by atoms with Gasteiger partial charge in [-0.3, -0.25) is 0 Å². The number of amidine groups is 1. The Morgan fingerprint density at radius 1 is 1.39 bits per heavy atom. The molecule has 94 valence electrons. The summed E-state index contributed by atoms with van der Waals surface area (Å²) < 4.78 is 5.36. The number of hydrogen-bond donors (Lipinski definition) is 0. The minimum Gasteiger partial charge on any atom is -0.458 e. The van der Waals surface area contributed by atoms with Crippen LogP contribution in [-0.4, -0.2) is 18.8 Å². The maximum Gasteiger partial charge on any atom is 0.317 e. The molecule has 0 radical (unpaired) electrons. The van der Waals surface area contributed by atoms with Crippen LogP contribution < -0.4 is 0 Å². The van der Waals surface area contributed by atoms with Gasteiger partial charge in [0, 0.05) is 6.21 Å². The Kier molecular flexibility index (Phi) is 2.90. The van der Waals surface area contributed by atoms with Crippen LogP contribution in [0.2, 0.25) is 0 Å². The van der Waals surface area contributed by atoms with Crippen LogP contribution in [0, 0.1) is 12.8 Å². The van der Waals surface area contributed by atoms with Crippen molar-refractivity contribution in [2.24, 2.45) is 15.9 Å². The van der Waals surface area contributed by atoms with Gasteiger partial charge in [0.25, 0.3) is 0 Å². The van der Waals surface area contributed by atoms with Gasteiger partial charge in [0.1, 0.15) is 6.61 Å². The van der Waals surface area contributed by atoms with Crippen LogP contribution in [0.15, 0.2) is 22.1 Å². The van der Waals surface area contributed by atoms with E-state index in [1.54, 1.807) is 6.21 Å². The number of rotatable bonds is 1. The first kappa shape index (κ1) is 11.5. The summed E-state index contributed by atoms with van der Waals surface area (Å²) in [5.41, 5.74) is 5.13. The van der Waals surface area contributed by atoms with Crippen molar-refractivity contribution in [1.82, 2.24) is 0 Å². The van der Waals surface area contributed by atoms with Crippen molar-refractivity contribution in [2.45, 2.75) is 33.1 Å². The molecule has 0 aromatic heterocycles. The number of nitrogens with zero attached hydrogens (tertiary/aromatic N) is 2. The first-order chi connectivity index (χ1) is 8.74. The van der Waals surface area contributed by atoms with Crippen LogP contribution in [-0.2, 0) is 17.6 Å². The van der Waals surface area contributed by atoms with Crippen LogP contribution in [0.1, 0.15) is 30.0 Å². The Balaban J connectivity index is 2.07. The van der Waals surface area contributed by atoms with E-state index in [1.165, 1.54) is 29.5 Å². The van der Waals surface area contributed by atoms with Crippen LogP contribution in [0.4, 0.5) is 5.69 Å². The van der Waals surface area contributed by atoms with E-state index >= 15 is 0 Å². The Hall–Kier alpha value is -1.64. The summed E-state index contributed by atoms with van der Waals surface area (Å²) in [7, 11) is 0. The summed E-state index contributed by atoms with van der Waals surface area (Å²) in [5.74, 6) is 0.742. The van der Waals surface area contributed by atoms with Crippen molar-refractivity contribution in [1.29, 1.82) is 0 Å². The number of hydrogen-bond acceptors (Lipinski definition) is 2. The van der Waals surface area contributed by atoms with E-state index in [2.05, 4.69) is 36.0 Å². The molecule has 0 N–H and O–H groups in total. The Bertz CT molecular complexity index is 532. The Morgan fingerprint density at radius 2 is 2.28 bits per heavy atom. The fourth-order valence-corrected chi connectivity index (χ4v) is 2.69. The highest BCUT2D eigenvalue weighted by atomic mass is 16.5. The summed E-state index contributed by atoms with van der Waals surface area (Å²) in [5, 5.41) is 0. The number of benzene rings is 1. The molecule has 0 amide bonds. The molecule has 3 heteroatoms. The van der Waals surface area contributed by atoms with Crippen LogP contribution in [0.3, 0.4) is 0 Å². The first-order valence-electron chi connectivity index (χ1n) is 6.59. The highest BCUT2D eigenvalue weighted by molar-refractivity contribution is 5.90. The van der Waals surface area contributed by atoms with E-state index in [-0.39, 0.29) is 0 Å². The average molecular weight is 242 g/mol.